The zero-order valence-corrected chi connectivity index (χ0v) is 15.3. The number of urea groups is 1. The number of anilines is 1. The van der Waals surface area contributed by atoms with E-state index in [2.05, 4.69) is 12.2 Å². The molecule has 4 rings (SSSR count). The van der Waals surface area contributed by atoms with Crippen molar-refractivity contribution in [3.63, 3.8) is 0 Å². The molecule has 0 radical (unpaired) electrons. The van der Waals surface area contributed by atoms with E-state index in [0.717, 1.165) is 43.5 Å². The van der Waals surface area contributed by atoms with Crippen molar-refractivity contribution in [1.82, 2.24) is 10.2 Å². The lowest BCUT2D eigenvalue weighted by molar-refractivity contribution is -0.126. The SMILES string of the molecule is CCC1CN(C(=O)N2CCC(C(=O)NC3CC3)CC2)c2ccccc2O1. The molecule has 1 N–H and O–H groups in total. The first kappa shape index (κ1) is 17.2. The van der Waals surface area contributed by atoms with E-state index >= 15 is 0 Å². The minimum absolute atomic E-state index is 0.0238. The molecule has 2 aliphatic heterocycles. The molecule has 1 saturated heterocycles. The van der Waals surface area contributed by atoms with Crippen molar-refractivity contribution in [2.24, 2.45) is 5.92 Å². The number of hydrogen-bond donors (Lipinski definition) is 1. The number of nitrogens with one attached hydrogen (secondary N) is 1. The molecule has 2 fully saturated rings. The Morgan fingerprint density at radius 1 is 1.15 bits per heavy atom. The van der Waals surface area contributed by atoms with Gasteiger partial charge >= 0.3 is 6.03 Å². The minimum atomic E-state index is 0.0238. The van der Waals surface area contributed by atoms with Crippen LogP contribution in [0.3, 0.4) is 0 Å². The number of carbonyl (C=O) groups excluding carboxylic acids is 2. The molecule has 1 atom stereocenters. The van der Waals surface area contributed by atoms with Crippen molar-refractivity contribution >= 4 is 17.6 Å². The number of piperidine rings is 1. The summed E-state index contributed by atoms with van der Waals surface area (Å²) in [6.07, 6.45) is 4.59. The molecule has 3 amide bonds. The summed E-state index contributed by atoms with van der Waals surface area (Å²) in [7, 11) is 0. The molecule has 6 nitrogen and oxygen atoms in total. The third-order valence-electron chi connectivity index (χ3n) is 5.58. The van der Waals surface area contributed by atoms with Crippen molar-refractivity contribution in [2.75, 3.05) is 24.5 Å². The number of hydrogen-bond acceptors (Lipinski definition) is 3. The predicted octanol–water partition coefficient (Wildman–Crippen LogP) is 2.77. The Kier molecular flexibility index (Phi) is 4.74. The number of benzene rings is 1. The largest absolute Gasteiger partial charge is 0.486 e. The van der Waals surface area contributed by atoms with Crippen LogP contribution in [0.15, 0.2) is 24.3 Å². The van der Waals surface area contributed by atoms with E-state index in [4.69, 9.17) is 4.74 Å². The summed E-state index contributed by atoms with van der Waals surface area (Å²) in [6.45, 7) is 3.93. The Morgan fingerprint density at radius 3 is 2.58 bits per heavy atom. The van der Waals surface area contributed by atoms with Crippen LogP contribution in [0.2, 0.25) is 0 Å². The molecule has 2 heterocycles. The van der Waals surface area contributed by atoms with Crippen molar-refractivity contribution in [3.05, 3.63) is 24.3 Å². The van der Waals surface area contributed by atoms with Gasteiger partial charge in [0.25, 0.3) is 0 Å². The van der Waals surface area contributed by atoms with Crippen LogP contribution < -0.4 is 15.0 Å². The minimum Gasteiger partial charge on any atom is -0.486 e. The zero-order valence-electron chi connectivity index (χ0n) is 15.3. The molecular formula is C20H27N3O3. The Balaban J connectivity index is 1.40. The maximum atomic E-state index is 13.1. The fraction of sp³-hybridized carbons (Fsp3) is 0.600. The van der Waals surface area contributed by atoms with Gasteiger partial charge in [0.1, 0.15) is 11.9 Å². The van der Waals surface area contributed by atoms with Gasteiger partial charge in [-0.15, -0.1) is 0 Å². The van der Waals surface area contributed by atoms with Crippen LogP contribution in [0, 0.1) is 5.92 Å². The summed E-state index contributed by atoms with van der Waals surface area (Å²) < 4.78 is 5.97. The molecule has 26 heavy (non-hydrogen) atoms. The van der Waals surface area contributed by atoms with Gasteiger partial charge in [-0.3, -0.25) is 9.69 Å². The van der Waals surface area contributed by atoms with Crippen LogP contribution in [0.4, 0.5) is 10.5 Å². The summed E-state index contributed by atoms with van der Waals surface area (Å²) in [5.74, 6) is 0.986. The maximum Gasteiger partial charge on any atom is 0.324 e. The predicted molar refractivity (Wildman–Crippen MR) is 99.4 cm³/mol. The molecular weight excluding hydrogens is 330 g/mol. The van der Waals surface area contributed by atoms with Gasteiger partial charge in [0.15, 0.2) is 0 Å². The zero-order chi connectivity index (χ0) is 18.1. The highest BCUT2D eigenvalue weighted by Gasteiger charge is 2.35. The number of amides is 3. The Morgan fingerprint density at radius 2 is 1.88 bits per heavy atom. The third kappa shape index (κ3) is 3.50. The van der Waals surface area contributed by atoms with Crippen molar-refractivity contribution in [1.29, 1.82) is 0 Å². The van der Waals surface area contributed by atoms with Gasteiger partial charge in [0, 0.05) is 25.0 Å². The number of likely N-dealkylation sites (tertiary alicyclic amines) is 1. The normalized spacial score (nSPS) is 23.2. The van der Waals surface area contributed by atoms with E-state index in [1.807, 2.05) is 34.1 Å². The summed E-state index contributed by atoms with van der Waals surface area (Å²) in [6, 6.07) is 8.16. The first-order valence-corrected chi connectivity index (χ1v) is 9.78. The lowest BCUT2D eigenvalue weighted by Crippen LogP contribution is -2.52. The van der Waals surface area contributed by atoms with Gasteiger partial charge in [-0.05, 0) is 44.2 Å². The van der Waals surface area contributed by atoms with E-state index in [9.17, 15) is 9.59 Å². The second-order valence-electron chi connectivity index (χ2n) is 7.55. The highest BCUT2D eigenvalue weighted by molar-refractivity contribution is 5.94. The molecule has 1 saturated carbocycles. The second-order valence-corrected chi connectivity index (χ2v) is 7.55. The lowest BCUT2D eigenvalue weighted by atomic mass is 9.96. The topological polar surface area (TPSA) is 61.9 Å². The Bertz CT molecular complexity index is 681. The highest BCUT2D eigenvalue weighted by atomic mass is 16.5. The molecule has 6 heteroatoms. The monoisotopic (exact) mass is 357 g/mol. The molecule has 3 aliphatic rings. The first-order valence-electron chi connectivity index (χ1n) is 9.78. The number of carbonyl (C=O) groups is 2. The van der Waals surface area contributed by atoms with Crippen LogP contribution >= 0.6 is 0 Å². The van der Waals surface area contributed by atoms with E-state index < -0.39 is 0 Å². The number of nitrogens with zero attached hydrogens (tertiary/aromatic N) is 2. The van der Waals surface area contributed by atoms with Crippen molar-refractivity contribution in [2.45, 2.75) is 51.2 Å². The number of ether oxygens (including phenoxy) is 1. The van der Waals surface area contributed by atoms with E-state index in [1.54, 1.807) is 0 Å². The molecule has 1 aromatic carbocycles. The van der Waals surface area contributed by atoms with Gasteiger partial charge in [-0.1, -0.05) is 19.1 Å². The Hall–Kier alpha value is -2.24. The lowest BCUT2D eigenvalue weighted by Gasteiger charge is -2.39. The van der Waals surface area contributed by atoms with E-state index in [1.165, 1.54) is 0 Å². The molecule has 0 spiro atoms. The quantitative estimate of drug-likeness (QED) is 0.905. The fourth-order valence-electron chi connectivity index (χ4n) is 3.74. The van der Waals surface area contributed by atoms with E-state index in [0.29, 0.717) is 25.7 Å². The average molecular weight is 357 g/mol. The van der Waals surface area contributed by atoms with Crippen LogP contribution in [-0.2, 0) is 4.79 Å². The average Bonchev–Trinajstić information content (AvgIpc) is 3.50. The standard InChI is InChI=1S/C20H27N3O3/c1-2-16-13-23(17-5-3-4-6-18(17)26-16)20(25)22-11-9-14(10-12-22)19(24)21-15-7-8-15/h3-6,14-16H,2,7-13H2,1H3,(H,21,24). The summed E-state index contributed by atoms with van der Waals surface area (Å²) in [5, 5.41) is 3.09. The van der Waals surface area contributed by atoms with Crippen molar-refractivity contribution in [3.8, 4) is 5.75 Å². The summed E-state index contributed by atoms with van der Waals surface area (Å²) in [4.78, 5) is 29.1. The van der Waals surface area contributed by atoms with Crippen LogP contribution in [0.5, 0.6) is 5.75 Å². The first-order chi connectivity index (χ1) is 12.7. The molecule has 1 unspecified atom stereocenters. The smallest absolute Gasteiger partial charge is 0.324 e. The molecule has 1 aromatic rings. The van der Waals surface area contributed by atoms with Crippen LogP contribution in [-0.4, -0.2) is 48.6 Å². The van der Waals surface area contributed by atoms with Crippen LogP contribution in [0.1, 0.15) is 39.0 Å². The van der Waals surface area contributed by atoms with Gasteiger partial charge in [0.2, 0.25) is 5.91 Å². The highest BCUT2D eigenvalue weighted by Crippen LogP contribution is 2.35. The molecule has 0 aromatic heterocycles. The van der Waals surface area contributed by atoms with Gasteiger partial charge in [-0.2, -0.15) is 0 Å². The number of rotatable bonds is 3. The number of fused-ring (bicyclic) bond motifs is 1. The summed E-state index contributed by atoms with van der Waals surface area (Å²) >= 11 is 0. The van der Waals surface area contributed by atoms with Gasteiger partial charge in [0.05, 0.1) is 12.2 Å². The van der Waals surface area contributed by atoms with Gasteiger partial charge < -0.3 is 15.0 Å². The molecule has 0 bridgehead atoms. The van der Waals surface area contributed by atoms with Crippen molar-refractivity contribution < 1.29 is 14.3 Å². The summed E-state index contributed by atoms with van der Waals surface area (Å²) in [5.41, 5.74) is 0.843. The molecule has 1 aliphatic carbocycles. The maximum absolute atomic E-state index is 13.1. The second kappa shape index (κ2) is 7.17. The van der Waals surface area contributed by atoms with Crippen LogP contribution in [0.25, 0.3) is 0 Å². The third-order valence-corrected chi connectivity index (χ3v) is 5.58. The molecule has 140 valence electrons. The fourth-order valence-corrected chi connectivity index (χ4v) is 3.74. The van der Waals surface area contributed by atoms with E-state index in [-0.39, 0.29) is 24.0 Å². The number of para-hydroxylation sites is 2. The van der Waals surface area contributed by atoms with Gasteiger partial charge in [-0.25, -0.2) is 4.79 Å². The Labute approximate surface area is 154 Å².